The van der Waals surface area contributed by atoms with Crippen LogP contribution in [0.15, 0.2) is 23.7 Å². The van der Waals surface area contributed by atoms with E-state index >= 15 is 0 Å². The Labute approximate surface area is 74.8 Å². The highest BCUT2D eigenvalue weighted by molar-refractivity contribution is 7.09. The summed E-state index contributed by atoms with van der Waals surface area (Å²) in [4.78, 5) is 4.06. The molecule has 2 heterocycles. The van der Waals surface area contributed by atoms with E-state index in [1.807, 2.05) is 17.5 Å². The molecule has 1 aliphatic heterocycles. The molecule has 0 aliphatic carbocycles. The molecule has 0 fully saturated rings. The van der Waals surface area contributed by atoms with Gasteiger partial charge in [0, 0.05) is 18.1 Å². The number of hydrogen-bond acceptors (Lipinski definition) is 4. The molecule has 0 bridgehead atoms. The molecule has 1 aromatic rings. The number of thiazole rings is 1. The number of aliphatic hydroxyl groups is 1. The second kappa shape index (κ2) is 3.35. The minimum absolute atomic E-state index is 0.0381. The first-order chi connectivity index (χ1) is 5.88. The predicted molar refractivity (Wildman–Crippen MR) is 48.0 cm³/mol. The van der Waals surface area contributed by atoms with Crippen LogP contribution in [0.4, 0.5) is 0 Å². The highest BCUT2D eigenvalue weighted by atomic mass is 32.1. The standard InChI is InChI=1S/C8H10N2OS/c11-7(6-2-1-3-9-6)8-10-4-5-12-8/h1-2,4-7,9,11H,3H2. The van der Waals surface area contributed by atoms with Crippen LogP contribution in [0.2, 0.25) is 0 Å². The summed E-state index contributed by atoms with van der Waals surface area (Å²) in [5.74, 6) is 0. The monoisotopic (exact) mass is 182 g/mol. The van der Waals surface area contributed by atoms with Gasteiger partial charge in [0.2, 0.25) is 0 Å². The van der Waals surface area contributed by atoms with Gasteiger partial charge in [0.15, 0.2) is 0 Å². The van der Waals surface area contributed by atoms with E-state index in [9.17, 15) is 5.11 Å². The Balaban J connectivity index is 2.09. The van der Waals surface area contributed by atoms with Gasteiger partial charge in [-0.2, -0.15) is 0 Å². The molecule has 0 saturated heterocycles. The van der Waals surface area contributed by atoms with Crippen molar-refractivity contribution in [2.75, 3.05) is 6.54 Å². The van der Waals surface area contributed by atoms with Crippen LogP contribution >= 0.6 is 11.3 Å². The number of nitrogens with zero attached hydrogens (tertiary/aromatic N) is 1. The van der Waals surface area contributed by atoms with E-state index < -0.39 is 6.10 Å². The van der Waals surface area contributed by atoms with E-state index in [1.54, 1.807) is 6.20 Å². The third-order valence-corrected chi connectivity index (χ3v) is 2.71. The predicted octanol–water partition coefficient (Wildman–Crippen LogP) is 0.705. The maximum absolute atomic E-state index is 9.74. The molecule has 0 radical (unpaired) electrons. The number of hydrogen-bond donors (Lipinski definition) is 2. The highest BCUT2D eigenvalue weighted by Crippen LogP contribution is 2.20. The Morgan fingerprint density at radius 1 is 1.75 bits per heavy atom. The van der Waals surface area contributed by atoms with Crippen LogP contribution < -0.4 is 5.32 Å². The maximum atomic E-state index is 9.74. The Morgan fingerprint density at radius 3 is 3.25 bits per heavy atom. The lowest BCUT2D eigenvalue weighted by Crippen LogP contribution is -2.28. The van der Waals surface area contributed by atoms with Crippen LogP contribution in [0.1, 0.15) is 11.1 Å². The lowest BCUT2D eigenvalue weighted by Gasteiger charge is -2.14. The second-order valence-corrected chi connectivity index (χ2v) is 3.60. The van der Waals surface area contributed by atoms with Crippen molar-refractivity contribution in [1.82, 2.24) is 10.3 Å². The average Bonchev–Trinajstić information content (AvgIpc) is 2.77. The van der Waals surface area contributed by atoms with Crippen molar-refractivity contribution in [1.29, 1.82) is 0 Å². The normalized spacial score (nSPS) is 24.6. The Bertz CT molecular complexity index is 271. The topological polar surface area (TPSA) is 45.2 Å². The van der Waals surface area contributed by atoms with Crippen molar-refractivity contribution in [3.05, 3.63) is 28.7 Å². The van der Waals surface area contributed by atoms with E-state index in [2.05, 4.69) is 10.3 Å². The first-order valence-corrected chi connectivity index (χ1v) is 4.73. The quantitative estimate of drug-likeness (QED) is 0.662. The summed E-state index contributed by atoms with van der Waals surface area (Å²) in [5.41, 5.74) is 0. The molecule has 2 rings (SSSR count). The maximum Gasteiger partial charge on any atom is 0.124 e. The van der Waals surface area contributed by atoms with Gasteiger partial charge in [-0.3, -0.25) is 0 Å². The lowest BCUT2D eigenvalue weighted by molar-refractivity contribution is 0.152. The fourth-order valence-corrected chi connectivity index (χ4v) is 1.91. The van der Waals surface area contributed by atoms with Crippen LogP contribution in [0, 0.1) is 0 Å². The molecule has 2 atom stereocenters. The fraction of sp³-hybridized carbons (Fsp3) is 0.375. The van der Waals surface area contributed by atoms with Gasteiger partial charge >= 0.3 is 0 Å². The molecular weight excluding hydrogens is 172 g/mol. The number of aliphatic hydroxyl groups excluding tert-OH is 1. The zero-order chi connectivity index (χ0) is 8.39. The zero-order valence-electron chi connectivity index (χ0n) is 6.47. The van der Waals surface area contributed by atoms with Gasteiger partial charge < -0.3 is 10.4 Å². The lowest BCUT2D eigenvalue weighted by atomic mass is 10.2. The minimum atomic E-state index is -0.497. The zero-order valence-corrected chi connectivity index (χ0v) is 7.29. The van der Waals surface area contributed by atoms with E-state index in [0.29, 0.717) is 0 Å². The molecule has 0 spiro atoms. The Kier molecular flexibility index (Phi) is 2.21. The van der Waals surface area contributed by atoms with Crippen molar-refractivity contribution < 1.29 is 5.11 Å². The Hall–Kier alpha value is -0.710. The summed E-state index contributed by atoms with van der Waals surface area (Å²) in [6.07, 6.45) is 5.21. The van der Waals surface area contributed by atoms with E-state index in [1.165, 1.54) is 11.3 Å². The van der Waals surface area contributed by atoms with Crippen molar-refractivity contribution in [3.63, 3.8) is 0 Å². The largest absolute Gasteiger partial charge is 0.384 e. The van der Waals surface area contributed by atoms with Crippen molar-refractivity contribution in [2.45, 2.75) is 12.1 Å². The van der Waals surface area contributed by atoms with Crippen molar-refractivity contribution in [2.24, 2.45) is 0 Å². The molecule has 0 saturated carbocycles. The summed E-state index contributed by atoms with van der Waals surface area (Å²) in [6, 6.07) is 0.0381. The van der Waals surface area contributed by atoms with Gasteiger partial charge in [-0.15, -0.1) is 11.3 Å². The molecule has 12 heavy (non-hydrogen) atoms. The minimum Gasteiger partial charge on any atom is -0.384 e. The molecular formula is C8H10N2OS. The molecule has 3 nitrogen and oxygen atoms in total. The number of rotatable bonds is 2. The van der Waals surface area contributed by atoms with Gasteiger partial charge in [-0.05, 0) is 0 Å². The van der Waals surface area contributed by atoms with E-state index in [0.717, 1.165) is 11.6 Å². The summed E-state index contributed by atoms with van der Waals surface area (Å²) in [7, 11) is 0. The molecule has 1 aromatic heterocycles. The smallest absolute Gasteiger partial charge is 0.124 e. The number of aromatic nitrogens is 1. The van der Waals surface area contributed by atoms with Gasteiger partial charge in [0.05, 0.1) is 6.04 Å². The van der Waals surface area contributed by atoms with Gasteiger partial charge in [0.1, 0.15) is 11.1 Å². The van der Waals surface area contributed by atoms with Gasteiger partial charge in [0.25, 0.3) is 0 Å². The summed E-state index contributed by atoms with van der Waals surface area (Å²) in [5, 5.41) is 15.5. The molecule has 64 valence electrons. The second-order valence-electron chi connectivity index (χ2n) is 2.68. The molecule has 2 N–H and O–H groups in total. The van der Waals surface area contributed by atoms with Gasteiger partial charge in [-0.25, -0.2) is 4.98 Å². The SMILES string of the molecule is OC(c1nccs1)C1C=CCN1. The molecule has 1 aliphatic rings. The first-order valence-electron chi connectivity index (χ1n) is 3.85. The third kappa shape index (κ3) is 1.41. The summed E-state index contributed by atoms with van der Waals surface area (Å²) < 4.78 is 0. The van der Waals surface area contributed by atoms with Crippen molar-refractivity contribution in [3.8, 4) is 0 Å². The third-order valence-electron chi connectivity index (χ3n) is 1.86. The molecule has 2 unspecified atom stereocenters. The van der Waals surface area contributed by atoms with Crippen LogP contribution in [0.3, 0.4) is 0 Å². The van der Waals surface area contributed by atoms with Crippen LogP contribution in [-0.4, -0.2) is 22.7 Å². The summed E-state index contributed by atoms with van der Waals surface area (Å²) >= 11 is 1.48. The number of nitrogens with one attached hydrogen (secondary N) is 1. The molecule has 0 aromatic carbocycles. The first kappa shape index (κ1) is 7.91. The summed E-state index contributed by atoms with van der Waals surface area (Å²) in [6.45, 7) is 0.840. The fourth-order valence-electron chi connectivity index (χ4n) is 1.24. The highest BCUT2D eigenvalue weighted by Gasteiger charge is 2.21. The van der Waals surface area contributed by atoms with E-state index in [4.69, 9.17) is 0 Å². The van der Waals surface area contributed by atoms with Gasteiger partial charge in [-0.1, -0.05) is 12.2 Å². The molecule has 0 amide bonds. The average molecular weight is 182 g/mol. The van der Waals surface area contributed by atoms with Crippen molar-refractivity contribution >= 4 is 11.3 Å². The molecule has 4 heteroatoms. The van der Waals surface area contributed by atoms with E-state index in [-0.39, 0.29) is 6.04 Å². The Morgan fingerprint density at radius 2 is 2.67 bits per heavy atom. The van der Waals surface area contributed by atoms with Crippen LogP contribution in [-0.2, 0) is 0 Å². The van der Waals surface area contributed by atoms with Crippen LogP contribution in [0.25, 0.3) is 0 Å². The van der Waals surface area contributed by atoms with Crippen LogP contribution in [0.5, 0.6) is 0 Å².